The summed E-state index contributed by atoms with van der Waals surface area (Å²) in [6.45, 7) is 7.66. The minimum Gasteiger partial charge on any atom is -0.465 e. The molecule has 0 bridgehead atoms. The molecule has 0 radical (unpaired) electrons. The van der Waals surface area contributed by atoms with E-state index in [0.29, 0.717) is 12.4 Å². The molecular weight excluding hydrogens is 310 g/mol. The summed E-state index contributed by atoms with van der Waals surface area (Å²) in [5.74, 6) is 0.217. The van der Waals surface area contributed by atoms with Crippen LogP contribution in [0.15, 0.2) is 24.3 Å². The Morgan fingerprint density at radius 3 is 2.62 bits per heavy atom. The van der Waals surface area contributed by atoms with E-state index in [1.165, 1.54) is 0 Å². The number of ether oxygens (including phenoxy) is 2. The molecule has 1 aromatic carbocycles. The fourth-order valence-electron chi connectivity index (χ4n) is 2.24. The van der Waals surface area contributed by atoms with Crippen LogP contribution in [0.25, 0.3) is 11.0 Å². The molecule has 0 saturated heterocycles. The Hall–Kier alpha value is -2.57. The van der Waals surface area contributed by atoms with E-state index in [1.54, 1.807) is 32.3 Å². The Morgan fingerprint density at radius 2 is 1.96 bits per heavy atom. The summed E-state index contributed by atoms with van der Waals surface area (Å²) in [5, 5.41) is 2.67. The summed E-state index contributed by atoms with van der Waals surface area (Å²) in [7, 11) is 0. The first-order valence-corrected chi connectivity index (χ1v) is 7.87. The van der Waals surface area contributed by atoms with Crippen molar-refractivity contribution in [2.24, 2.45) is 0 Å². The number of hydrogen-bond donors (Lipinski definition) is 1. The molecule has 1 N–H and O–H groups in total. The molecule has 0 unspecified atom stereocenters. The highest BCUT2D eigenvalue weighted by molar-refractivity contribution is 5.79. The first kappa shape index (κ1) is 17.8. The van der Waals surface area contributed by atoms with Gasteiger partial charge in [0, 0.05) is 0 Å². The molecule has 130 valence electrons. The number of nitrogens with one attached hydrogen (secondary N) is 1. The van der Waals surface area contributed by atoms with Crippen LogP contribution < -0.4 is 5.32 Å². The molecule has 0 spiro atoms. The average molecular weight is 333 g/mol. The molecule has 1 amide bonds. The molecule has 2 aromatic rings. The fraction of sp³-hybridized carbons (Fsp3) is 0.471. The van der Waals surface area contributed by atoms with Crippen molar-refractivity contribution in [3.05, 3.63) is 30.1 Å². The standard InChI is InChI=1S/C17H23N3O4/c1-5-23-15(21)11-20-13-9-7-6-8-12(13)19-14(20)10-18-16(22)24-17(2,3)4/h6-9H,5,10-11H2,1-4H3,(H,18,22). The molecule has 7 heteroatoms. The van der Waals surface area contributed by atoms with Crippen molar-refractivity contribution in [3.8, 4) is 0 Å². The minimum absolute atomic E-state index is 0.0414. The molecule has 0 aliphatic heterocycles. The van der Waals surface area contributed by atoms with Gasteiger partial charge in [0.1, 0.15) is 18.0 Å². The number of aromatic nitrogens is 2. The van der Waals surface area contributed by atoms with Crippen molar-refractivity contribution < 1.29 is 19.1 Å². The minimum atomic E-state index is -0.574. The number of esters is 1. The number of para-hydroxylation sites is 2. The number of carbonyl (C=O) groups is 2. The third kappa shape index (κ3) is 4.71. The van der Waals surface area contributed by atoms with Crippen molar-refractivity contribution in [1.29, 1.82) is 0 Å². The van der Waals surface area contributed by atoms with Gasteiger partial charge in [-0.05, 0) is 39.8 Å². The number of imidazole rings is 1. The van der Waals surface area contributed by atoms with Crippen LogP contribution in [-0.4, -0.2) is 33.8 Å². The summed E-state index contributed by atoms with van der Waals surface area (Å²) in [6, 6.07) is 7.47. The Labute approximate surface area is 141 Å². The van der Waals surface area contributed by atoms with Gasteiger partial charge in [-0.1, -0.05) is 12.1 Å². The third-order valence-electron chi connectivity index (χ3n) is 3.12. The van der Waals surface area contributed by atoms with Gasteiger partial charge < -0.3 is 19.4 Å². The summed E-state index contributed by atoms with van der Waals surface area (Å²) >= 11 is 0. The normalized spacial score (nSPS) is 11.3. The summed E-state index contributed by atoms with van der Waals surface area (Å²) < 4.78 is 12.0. The lowest BCUT2D eigenvalue weighted by molar-refractivity contribution is -0.143. The largest absolute Gasteiger partial charge is 0.465 e. The van der Waals surface area contributed by atoms with Crippen LogP contribution in [0.1, 0.15) is 33.5 Å². The second-order valence-electron chi connectivity index (χ2n) is 6.26. The van der Waals surface area contributed by atoms with Crippen LogP contribution in [0, 0.1) is 0 Å². The number of amides is 1. The van der Waals surface area contributed by atoms with E-state index in [4.69, 9.17) is 9.47 Å². The molecule has 7 nitrogen and oxygen atoms in total. The lowest BCUT2D eigenvalue weighted by Crippen LogP contribution is -2.33. The monoisotopic (exact) mass is 333 g/mol. The number of hydrogen-bond acceptors (Lipinski definition) is 5. The van der Waals surface area contributed by atoms with Gasteiger partial charge in [0.25, 0.3) is 0 Å². The van der Waals surface area contributed by atoms with Gasteiger partial charge >= 0.3 is 12.1 Å². The lowest BCUT2D eigenvalue weighted by Gasteiger charge is -2.19. The van der Waals surface area contributed by atoms with Gasteiger partial charge in [0.05, 0.1) is 24.2 Å². The summed E-state index contributed by atoms with van der Waals surface area (Å²) in [6.07, 6.45) is -0.530. The van der Waals surface area contributed by atoms with Crippen molar-refractivity contribution >= 4 is 23.1 Å². The Balaban J connectivity index is 2.19. The molecular formula is C17H23N3O4. The second kappa shape index (κ2) is 7.33. The first-order valence-electron chi connectivity index (χ1n) is 7.87. The van der Waals surface area contributed by atoms with Crippen molar-refractivity contribution in [2.75, 3.05) is 6.61 Å². The zero-order valence-corrected chi connectivity index (χ0v) is 14.5. The van der Waals surface area contributed by atoms with Gasteiger partial charge in [0.2, 0.25) is 0 Å². The first-order chi connectivity index (χ1) is 11.3. The number of alkyl carbamates (subject to hydrolysis) is 1. The van der Waals surface area contributed by atoms with Crippen molar-refractivity contribution in [1.82, 2.24) is 14.9 Å². The van der Waals surface area contributed by atoms with Crippen molar-refractivity contribution in [2.45, 2.75) is 46.4 Å². The van der Waals surface area contributed by atoms with Gasteiger partial charge in [-0.15, -0.1) is 0 Å². The van der Waals surface area contributed by atoms with E-state index in [-0.39, 0.29) is 19.1 Å². The number of fused-ring (bicyclic) bond motifs is 1. The highest BCUT2D eigenvalue weighted by Gasteiger charge is 2.18. The zero-order valence-electron chi connectivity index (χ0n) is 14.5. The number of carbonyl (C=O) groups excluding carboxylic acids is 2. The summed E-state index contributed by atoms with van der Waals surface area (Å²) in [5.41, 5.74) is 0.990. The maximum absolute atomic E-state index is 11.8. The predicted molar refractivity (Wildman–Crippen MR) is 89.4 cm³/mol. The molecule has 0 aliphatic carbocycles. The van der Waals surface area contributed by atoms with Crippen LogP contribution in [0.4, 0.5) is 4.79 Å². The van der Waals surface area contributed by atoms with Crippen molar-refractivity contribution in [3.63, 3.8) is 0 Å². The maximum Gasteiger partial charge on any atom is 0.408 e. The van der Waals surface area contributed by atoms with Crippen LogP contribution in [0.3, 0.4) is 0 Å². The number of rotatable bonds is 5. The SMILES string of the molecule is CCOC(=O)Cn1c(CNC(=O)OC(C)(C)C)nc2ccccc21. The topological polar surface area (TPSA) is 82.5 Å². The van der Waals surface area contributed by atoms with Crippen LogP contribution in [-0.2, 0) is 27.4 Å². The average Bonchev–Trinajstić information content (AvgIpc) is 2.82. The molecule has 24 heavy (non-hydrogen) atoms. The van der Waals surface area contributed by atoms with Crippen LogP contribution >= 0.6 is 0 Å². The van der Waals surface area contributed by atoms with E-state index in [9.17, 15) is 9.59 Å². The molecule has 0 fully saturated rings. The Bertz CT molecular complexity index is 731. The predicted octanol–water partition coefficient (Wildman–Crippen LogP) is 2.62. The molecule has 0 aliphatic rings. The maximum atomic E-state index is 11.8. The quantitative estimate of drug-likeness (QED) is 0.851. The highest BCUT2D eigenvalue weighted by atomic mass is 16.6. The lowest BCUT2D eigenvalue weighted by atomic mass is 10.2. The number of nitrogens with zero attached hydrogens (tertiary/aromatic N) is 2. The van der Waals surface area contributed by atoms with Gasteiger partial charge in [-0.2, -0.15) is 0 Å². The van der Waals surface area contributed by atoms with E-state index in [0.717, 1.165) is 11.0 Å². The van der Waals surface area contributed by atoms with Gasteiger partial charge in [0.15, 0.2) is 0 Å². The smallest absolute Gasteiger partial charge is 0.408 e. The van der Waals surface area contributed by atoms with Gasteiger partial charge in [-0.3, -0.25) is 4.79 Å². The molecule has 1 aromatic heterocycles. The van der Waals surface area contributed by atoms with Crippen LogP contribution in [0.5, 0.6) is 0 Å². The molecule has 0 atom stereocenters. The molecule has 1 heterocycles. The number of benzene rings is 1. The van der Waals surface area contributed by atoms with E-state index in [2.05, 4.69) is 10.3 Å². The summed E-state index contributed by atoms with van der Waals surface area (Å²) in [4.78, 5) is 28.1. The van der Waals surface area contributed by atoms with E-state index in [1.807, 2.05) is 24.3 Å². The fourth-order valence-corrected chi connectivity index (χ4v) is 2.24. The van der Waals surface area contributed by atoms with E-state index < -0.39 is 11.7 Å². The van der Waals surface area contributed by atoms with E-state index >= 15 is 0 Å². The highest BCUT2D eigenvalue weighted by Crippen LogP contribution is 2.16. The Kier molecular flexibility index (Phi) is 5.43. The molecule has 0 saturated carbocycles. The molecule has 2 rings (SSSR count). The zero-order chi connectivity index (χ0) is 17.7. The van der Waals surface area contributed by atoms with Gasteiger partial charge in [-0.25, -0.2) is 9.78 Å². The van der Waals surface area contributed by atoms with Crippen LogP contribution in [0.2, 0.25) is 0 Å². The Morgan fingerprint density at radius 1 is 1.25 bits per heavy atom. The third-order valence-corrected chi connectivity index (χ3v) is 3.12. The second-order valence-corrected chi connectivity index (χ2v) is 6.26.